The highest BCUT2D eigenvalue weighted by atomic mass is 35.5. The average Bonchev–Trinajstić information content (AvgIpc) is 2.94. The number of alkyl halides is 1. The largest absolute Gasteiger partial charge is 0.394 e. The minimum Gasteiger partial charge on any atom is -0.394 e. The Hall–Kier alpha value is -1.73. The van der Waals surface area contributed by atoms with E-state index in [-0.39, 0.29) is 19.0 Å². The molecule has 3 rings (SSSR count). The van der Waals surface area contributed by atoms with Gasteiger partial charge in [-0.3, -0.25) is 4.90 Å². The quantitative estimate of drug-likeness (QED) is 0.0890. The summed E-state index contributed by atoms with van der Waals surface area (Å²) in [7, 11) is 0. The zero-order chi connectivity index (χ0) is 28.9. The summed E-state index contributed by atoms with van der Waals surface area (Å²) < 4.78 is 16.6. The van der Waals surface area contributed by atoms with Crippen LogP contribution in [0.15, 0.2) is 29.6 Å². The molecule has 1 unspecified atom stereocenters. The van der Waals surface area contributed by atoms with Gasteiger partial charge in [0.1, 0.15) is 48.8 Å². The van der Waals surface area contributed by atoms with Crippen molar-refractivity contribution in [3.8, 4) is 0 Å². The zero-order valence-electron chi connectivity index (χ0n) is 20.4. The number of nitrogens with zero attached hydrogens (tertiary/aromatic N) is 3. The fraction of sp³-hybridized carbons (Fsp3) is 0.682. The molecule has 17 heteroatoms. The van der Waals surface area contributed by atoms with Crippen LogP contribution >= 0.6 is 23.2 Å². The Morgan fingerprint density at radius 1 is 0.923 bits per heavy atom. The number of carbonyl (C=O) groups excluding carboxylic acids is 1. The predicted molar refractivity (Wildman–Crippen MR) is 132 cm³/mol. The fourth-order valence-corrected chi connectivity index (χ4v) is 4.57. The molecular formula is C22H31Cl2N3O12. The molecule has 2 heterocycles. The van der Waals surface area contributed by atoms with Gasteiger partial charge in [-0.15, -0.1) is 16.5 Å². The molecule has 0 bridgehead atoms. The summed E-state index contributed by atoms with van der Waals surface area (Å²) in [5.41, 5.74) is 0.495. The Balaban J connectivity index is 1.87. The number of aliphatic hydroxyl groups is 7. The first-order chi connectivity index (χ1) is 18.6. The molecule has 220 valence electrons. The van der Waals surface area contributed by atoms with Crippen molar-refractivity contribution in [2.45, 2.75) is 67.9 Å². The number of nitroso groups, excluding NO2 is 1. The molecule has 2 aliphatic heterocycles. The van der Waals surface area contributed by atoms with E-state index in [1.807, 2.05) is 0 Å². The van der Waals surface area contributed by atoms with E-state index in [0.717, 1.165) is 4.90 Å². The normalized spacial score (nSPS) is 34.9. The first-order valence-corrected chi connectivity index (χ1v) is 12.8. The Morgan fingerprint density at radius 2 is 1.56 bits per heavy atom. The zero-order valence-corrected chi connectivity index (χ0v) is 21.9. The summed E-state index contributed by atoms with van der Waals surface area (Å²) in [6.45, 7) is -2.09. The van der Waals surface area contributed by atoms with Crippen molar-refractivity contribution in [1.29, 1.82) is 0 Å². The number of carbonyl (C=O) groups is 1. The van der Waals surface area contributed by atoms with Crippen molar-refractivity contribution < 1.29 is 54.8 Å². The van der Waals surface area contributed by atoms with Crippen LogP contribution in [0.1, 0.15) is 5.56 Å². The predicted octanol–water partition coefficient (Wildman–Crippen LogP) is -1.89. The van der Waals surface area contributed by atoms with Crippen LogP contribution in [0, 0.1) is 4.91 Å². The number of hydrogen-bond acceptors (Lipinski definition) is 13. The number of rotatable bonds is 10. The third kappa shape index (κ3) is 7.13. The number of halogens is 2. The van der Waals surface area contributed by atoms with E-state index in [9.17, 15) is 45.4 Å². The molecule has 39 heavy (non-hydrogen) atoms. The number of benzene rings is 1. The molecule has 0 saturated carbocycles. The Morgan fingerprint density at radius 3 is 2.13 bits per heavy atom. The summed E-state index contributed by atoms with van der Waals surface area (Å²) in [6, 6.07) is 5.21. The van der Waals surface area contributed by atoms with Crippen LogP contribution in [0.5, 0.6) is 0 Å². The van der Waals surface area contributed by atoms with Crippen LogP contribution in [0.25, 0.3) is 0 Å². The van der Waals surface area contributed by atoms with E-state index in [1.54, 1.807) is 24.3 Å². The van der Waals surface area contributed by atoms with Crippen molar-refractivity contribution in [3.63, 3.8) is 0 Å². The van der Waals surface area contributed by atoms with Crippen LogP contribution in [0.4, 0.5) is 4.79 Å². The number of hydrogen-bond donors (Lipinski definition) is 7. The second-order valence-electron chi connectivity index (χ2n) is 8.96. The highest BCUT2D eigenvalue weighted by Crippen LogP contribution is 2.31. The molecule has 0 radical (unpaired) electrons. The average molecular weight is 600 g/mol. The van der Waals surface area contributed by atoms with Gasteiger partial charge >= 0.3 is 6.03 Å². The van der Waals surface area contributed by atoms with E-state index in [2.05, 4.69) is 5.29 Å². The lowest BCUT2D eigenvalue weighted by molar-refractivity contribution is -0.347. The van der Waals surface area contributed by atoms with Crippen molar-refractivity contribution in [2.24, 2.45) is 5.29 Å². The van der Waals surface area contributed by atoms with Gasteiger partial charge in [-0.05, 0) is 17.7 Å². The first kappa shape index (κ1) is 31.8. The lowest BCUT2D eigenvalue weighted by Gasteiger charge is -2.48. The number of aliphatic hydroxyl groups excluding tert-OH is 7. The minimum atomic E-state index is -1.90. The molecular weight excluding hydrogens is 569 g/mol. The summed E-state index contributed by atoms with van der Waals surface area (Å²) in [4.78, 5) is 25.5. The molecule has 7 N–H and O–H groups in total. The summed E-state index contributed by atoms with van der Waals surface area (Å²) in [5.74, 6) is -0.142. The first-order valence-electron chi connectivity index (χ1n) is 11.9. The van der Waals surface area contributed by atoms with Crippen LogP contribution in [-0.2, 0) is 20.8 Å². The second kappa shape index (κ2) is 14.2. The Labute approximate surface area is 232 Å². The maximum absolute atomic E-state index is 13.2. The van der Waals surface area contributed by atoms with Gasteiger partial charge in [-0.25, -0.2) is 4.79 Å². The van der Waals surface area contributed by atoms with E-state index >= 15 is 0 Å². The topological polar surface area (TPSA) is 222 Å². The number of amides is 2. The van der Waals surface area contributed by atoms with Crippen LogP contribution < -0.4 is 0 Å². The second-order valence-corrected chi connectivity index (χ2v) is 9.77. The van der Waals surface area contributed by atoms with Crippen molar-refractivity contribution >= 4 is 29.2 Å². The fourth-order valence-electron chi connectivity index (χ4n) is 4.28. The van der Waals surface area contributed by atoms with Crippen molar-refractivity contribution in [3.05, 3.63) is 39.8 Å². The maximum atomic E-state index is 13.2. The SMILES string of the molecule is O=NN(CCCl)C(=O)N(Cc1ccc(Cl)cc1)C1O[C@H](CO)[C@@H](O[C@H]2O[C@H](CO)[C@@H](O)[C@H](O)[C@H]2O)[C@H](O)[C@H]1O. The standard InChI is InChI=1S/C22H31Cl2N3O12/c23-5-6-27(25-36)22(35)26(7-10-1-3-11(24)4-2-10)20-17(33)16(32)19(13(9-29)37-20)39-21-18(34)15(31)14(30)12(8-28)38-21/h1-4,12-21,28-34H,5-9H2/t12-,13-,14-,15+,16-,17-,18-,19-,20?,21-/m1/s1. The Bertz CT molecular complexity index is 945. The minimum absolute atomic E-state index is 0.142. The molecule has 1 aromatic carbocycles. The lowest BCUT2D eigenvalue weighted by atomic mass is 9.96. The summed E-state index contributed by atoms with van der Waals surface area (Å²) in [6.07, 6.45) is -16.8. The van der Waals surface area contributed by atoms with E-state index in [1.165, 1.54) is 0 Å². The van der Waals surface area contributed by atoms with Crippen molar-refractivity contribution in [2.75, 3.05) is 25.6 Å². The molecule has 0 aromatic heterocycles. The van der Waals surface area contributed by atoms with Gasteiger partial charge in [0.05, 0.1) is 31.6 Å². The molecule has 2 amide bonds. The van der Waals surface area contributed by atoms with Crippen molar-refractivity contribution in [1.82, 2.24) is 9.91 Å². The molecule has 0 aliphatic carbocycles. The smallest absolute Gasteiger partial charge is 0.345 e. The molecule has 2 fully saturated rings. The van der Waals surface area contributed by atoms with E-state index in [0.29, 0.717) is 15.6 Å². The maximum Gasteiger partial charge on any atom is 0.345 e. The highest BCUT2D eigenvalue weighted by Gasteiger charge is 2.52. The molecule has 2 saturated heterocycles. The molecule has 1 aromatic rings. The number of urea groups is 1. The van der Waals surface area contributed by atoms with Gasteiger partial charge in [-0.1, -0.05) is 23.7 Å². The van der Waals surface area contributed by atoms with Gasteiger partial charge in [0.2, 0.25) is 0 Å². The van der Waals surface area contributed by atoms with Gasteiger partial charge in [0.25, 0.3) is 0 Å². The summed E-state index contributed by atoms with van der Waals surface area (Å²) >= 11 is 11.6. The monoisotopic (exact) mass is 599 g/mol. The van der Waals surface area contributed by atoms with Crippen LogP contribution in [-0.4, -0.2) is 139 Å². The van der Waals surface area contributed by atoms with Crippen LogP contribution in [0.3, 0.4) is 0 Å². The molecule has 15 nitrogen and oxygen atoms in total. The third-order valence-electron chi connectivity index (χ3n) is 6.41. The van der Waals surface area contributed by atoms with Gasteiger partial charge in [0.15, 0.2) is 12.5 Å². The van der Waals surface area contributed by atoms with Gasteiger partial charge < -0.3 is 50.0 Å². The molecule has 0 spiro atoms. The van der Waals surface area contributed by atoms with Gasteiger partial charge in [0, 0.05) is 10.9 Å². The summed E-state index contributed by atoms with van der Waals surface area (Å²) in [5, 5.41) is 75.2. The molecule has 10 atom stereocenters. The lowest BCUT2D eigenvalue weighted by Crippen LogP contribution is -2.67. The highest BCUT2D eigenvalue weighted by molar-refractivity contribution is 6.30. The molecule has 2 aliphatic rings. The van der Waals surface area contributed by atoms with Crippen LogP contribution in [0.2, 0.25) is 5.02 Å². The van der Waals surface area contributed by atoms with Gasteiger partial charge in [-0.2, -0.15) is 5.01 Å². The number of ether oxygens (including phenoxy) is 3. The van der Waals surface area contributed by atoms with E-state index < -0.39 is 80.6 Å². The third-order valence-corrected chi connectivity index (χ3v) is 6.83. The Kier molecular flexibility index (Phi) is 11.6. The van der Waals surface area contributed by atoms with E-state index in [4.69, 9.17) is 37.4 Å².